The summed E-state index contributed by atoms with van der Waals surface area (Å²) in [5, 5.41) is 4.68. The molecule has 0 aromatic heterocycles. The number of urea groups is 1. The van der Waals surface area contributed by atoms with Crippen molar-refractivity contribution in [3.63, 3.8) is 0 Å². The Kier molecular flexibility index (Phi) is 8.64. The van der Waals surface area contributed by atoms with Gasteiger partial charge in [0.25, 0.3) is 5.91 Å². The topological polar surface area (TPSA) is 112 Å². The molecule has 0 heterocycles. The van der Waals surface area contributed by atoms with Crippen molar-refractivity contribution in [1.82, 2.24) is 5.32 Å². The van der Waals surface area contributed by atoms with E-state index in [1.165, 1.54) is 27.4 Å². The fourth-order valence-corrected chi connectivity index (χ4v) is 2.82. The van der Waals surface area contributed by atoms with Gasteiger partial charge in [-0.2, -0.15) is 0 Å². The molecule has 2 aromatic carbocycles. The fourth-order valence-electron chi connectivity index (χ4n) is 2.82. The number of methoxy groups -OCH3 is 3. The van der Waals surface area contributed by atoms with Gasteiger partial charge in [-0.1, -0.05) is 17.7 Å². The number of esters is 1. The molecule has 0 saturated heterocycles. The normalized spacial score (nSPS) is 10.4. The number of rotatable bonds is 8. The molecule has 0 spiro atoms. The fraction of sp³-hybridized carbons (Fsp3) is 0.261. The molecule has 9 heteroatoms. The number of ether oxygens (including phenoxy) is 4. The van der Waals surface area contributed by atoms with Crippen LogP contribution in [0.2, 0.25) is 0 Å². The standard InChI is InChI=1S/C23H26N2O7/c1-14-6-8-17(15(2)10-14)24-23(28)25-20(26)13-32-21(27)9-7-16-11-18(29-3)22(31-5)19(12-16)30-4/h6-12H,13H2,1-5H3,(H2,24,25,26,28). The van der Waals surface area contributed by atoms with Crippen LogP contribution in [0.15, 0.2) is 36.4 Å². The molecule has 170 valence electrons. The zero-order valence-electron chi connectivity index (χ0n) is 18.6. The summed E-state index contributed by atoms with van der Waals surface area (Å²) in [7, 11) is 4.45. The minimum atomic E-state index is -0.762. The van der Waals surface area contributed by atoms with Crippen LogP contribution in [0.5, 0.6) is 17.2 Å². The summed E-state index contributed by atoms with van der Waals surface area (Å²) in [6.45, 7) is 3.16. The number of carbonyl (C=O) groups is 3. The van der Waals surface area contributed by atoms with Crippen molar-refractivity contribution in [3.05, 3.63) is 53.1 Å². The Bertz CT molecular complexity index is 1010. The van der Waals surface area contributed by atoms with Gasteiger partial charge >= 0.3 is 12.0 Å². The minimum absolute atomic E-state index is 0.422. The quantitative estimate of drug-likeness (QED) is 0.477. The molecule has 0 atom stereocenters. The van der Waals surface area contributed by atoms with Crippen molar-refractivity contribution in [2.75, 3.05) is 33.3 Å². The maximum Gasteiger partial charge on any atom is 0.331 e. The second-order valence-corrected chi connectivity index (χ2v) is 6.72. The lowest BCUT2D eigenvalue weighted by Crippen LogP contribution is -2.37. The number of aryl methyl sites for hydroxylation is 2. The largest absolute Gasteiger partial charge is 0.493 e. The molecule has 0 unspecified atom stereocenters. The highest BCUT2D eigenvalue weighted by molar-refractivity contribution is 6.02. The predicted octanol–water partition coefficient (Wildman–Crippen LogP) is 3.23. The maximum atomic E-state index is 12.0. The number of hydrogen-bond donors (Lipinski definition) is 2. The Balaban J connectivity index is 1.88. The molecule has 0 bridgehead atoms. The minimum Gasteiger partial charge on any atom is -0.493 e. The summed E-state index contributed by atoms with van der Waals surface area (Å²) in [6.07, 6.45) is 2.61. The highest BCUT2D eigenvalue weighted by atomic mass is 16.5. The third kappa shape index (κ3) is 6.76. The van der Waals surface area contributed by atoms with Gasteiger partial charge in [-0.05, 0) is 49.2 Å². The van der Waals surface area contributed by atoms with Crippen LogP contribution >= 0.6 is 0 Å². The second-order valence-electron chi connectivity index (χ2n) is 6.72. The van der Waals surface area contributed by atoms with E-state index >= 15 is 0 Å². The van der Waals surface area contributed by atoms with Gasteiger partial charge < -0.3 is 24.3 Å². The van der Waals surface area contributed by atoms with Gasteiger partial charge in [-0.25, -0.2) is 9.59 Å². The summed E-state index contributed by atoms with van der Waals surface area (Å²) in [4.78, 5) is 35.8. The third-order valence-electron chi connectivity index (χ3n) is 4.33. The average Bonchev–Trinajstić information content (AvgIpc) is 2.77. The number of carbonyl (C=O) groups excluding carboxylic acids is 3. The van der Waals surface area contributed by atoms with E-state index in [9.17, 15) is 14.4 Å². The number of hydrogen-bond acceptors (Lipinski definition) is 7. The first kappa shape index (κ1) is 24.3. The van der Waals surface area contributed by atoms with Gasteiger partial charge in [-0.3, -0.25) is 10.1 Å². The van der Waals surface area contributed by atoms with E-state index in [0.29, 0.717) is 28.5 Å². The summed E-state index contributed by atoms with van der Waals surface area (Å²) in [5.74, 6) is -0.251. The number of nitrogens with one attached hydrogen (secondary N) is 2. The van der Waals surface area contributed by atoms with Gasteiger partial charge in [-0.15, -0.1) is 0 Å². The highest BCUT2D eigenvalue weighted by Gasteiger charge is 2.13. The monoisotopic (exact) mass is 442 g/mol. The Morgan fingerprint density at radius 3 is 2.16 bits per heavy atom. The first-order valence-corrected chi connectivity index (χ1v) is 9.60. The lowest BCUT2D eigenvalue weighted by Gasteiger charge is -2.12. The summed E-state index contributed by atoms with van der Waals surface area (Å²) in [5.41, 5.74) is 3.08. The smallest absolute Gasteiger partial charge is 0.331 e. The molecular formula is C23H26N2O7. The zero-order chi connectivity index (χ0) is 23.7. The van der Waals surface area contributed by atoms with Crippen LogP contribution in [0.4, 0.5) is 10.5 Å². The molecule has 0 saturated carbocycles. The van der Waals surface area contributed by atoms with Crippen molar-refractivity contribution < 1.29 is 33.3 Å². The summed E-state index contributed by atoms with van der Waals surface area (Å²) < 4.78 is 20.6. The van der Waals surface area contributed by atoms with E-state index in [1.54, 1.807) is 18.2 Å². The van der Waals surface area contributed by atoms with Crippen LogP contribution in [0.3, 0.4) is 0 Å². The van der Waals surface area contributed by atoms with Crippen LogP contribution < -0.4 is 24.8 Å². The van der Waals surface area contributed by atoms with E-state index in [-0.39, 0.29) is 0 Å². The first-order valence-electron chi connectivity index (χ1n) is 9.60. The molecule has 9 nitrogen and oxygen atoms in total. The SMILES string of the molecule is COc1cc(C=CC(=O)OCC(=O)NC(=O)Nc2ccc(C)cc2C)cc(OC)c1OC. The molecule has 2 N–H and O–H groups in total. The zero-order valence-corrected chi connectivity index (χ0v) is 18.6. The van der Waals surface area contributed by atoms with Gasteiger partial charge in [0.2, 0.25) is 5.75 Å². The number of benzene rings is 2. The first-order chi connectivity index (χ1) is 15.3. The van der Waals surface area contributed by atoms with Crippen molar-refractivity contribution in [3.8, 4) is 17.2 Å². The molecule has 0 fully saturated rings. The van der Waals surface area contributed by atoms with Crippen LogP contribution in [-0.4, -0.2) is 45.8 Å². The van der Waals surface area contributed by atoms with Crippen molar-refractivity contribution in [2.24, 2.45) is 0 Å². The third-order valence-corrected chi connectivity index (χ3v) is 4.33. The molecular weight excluding hydrogens is 416 g/mol. The summed E-state index contributed by atoms with van der Waals surface area (Å²) >= 11 is 0. The Labute approximate surface area is 186 Å². The lowest BCUT2D eigenvalue weighted by molar-refractivity contribution is -0.143. The van der Waals surface area contributed by atoms with Crippen LogP contribution in [0.25, 0.3) is 6.08 Å². The number of imide groups is 1. The predicted molar refractivity (Wildman–Crippen MR) is 119 cm³/mol. The van der Waals surface area contributed by atoms with E-state index in [4.69, 9.17) is 18.9 Å². The van der Waals surface area contributed by atoms with Gasteiger partial charge in [0.05, 0.1) is 21.3 Å². The van der Waals surface area contributed by atoms with E-state index < -0.39 is 24.5 Å². The molecule has 0 aliphatic heterocycles. The molecule has 0 aliphatic rings. The number of anilines is 1. The molecule has 0 aliphatic carbocycles. The Hall–Kier alpha value is -4.01. The van der Waals surface area contributed by atoms with Crippen molar-refractivity contribution >= 4 is 29.7 Å². The van der Waals surface area contributed by atoms with Crippen LogP contribution in [0, 0.1) is 13.8 Å². The van der Waals surface area contributed by atoms with Crippen LogP contribution in [0.1, 0.15) is 16.7 Å². The van der Waals surface area contributed by atoms with Crippen molar-refractivity contribution in [1.29, 1.82) is 0 Å². The summed E-state index contributed by atoms with van der Waals surface area (Å²) in [6, 6.07) is 8.06. The maximum absolute atomic E-state index is 12.0. The molecule has 2 rings (SSSR count). The van der Waals surface area contributed by atoms with Gasteiger partial charge in [0, 0.05) is 11.8 Å². The van der Waals surface area contributed by atoms with Crippen LogP contribution in [-0.2, 0) is 14.3 Å². The lowest BCUT2D eigenvalue weighted by atomic mass is 10.1. The molecule has 3 amide bonds. The van der Waals surface area contributed by atoms with E-state index in [1.807, 2.05) is 26.0 Å². The second kappa shape index (κ2) is 11.4. The molecule has 2 aromatic rings. The molecule has 0 radical (unpaired) electrons. The highest BCUT2D eigenvalue weighted by Crippen LogP contribution is 2.38. The van der Waals surface area contributed by atoms with Crippen molar-refractivity contribution in [2.45, 2.75) is 13.8 Å². The van der Waals surface area contributed by atoms with E-state index in [0.717, 1.165) is 17.2 Å². The van der Waals surface area contributed by atoms with Gasteiger partial charge in [0.1, 0.15) is 0 Å². The number of amides is 3. The average molecular weight is 442 g/mol. The Morgan fingerprint density at radius 1 is 0.938 bits per heavy atom. The van der Waals surface area contributed by atoms with E-state index in [2.05, 4.69) is 10.6 Å². The van der Waals surface area contributed by atoms with Gasteiger partial charge in [0.15, 0.2) is 18.1 Å². The Morgan fingerprint density at radius 2 is 1.59 bits per heavy atom. The molecule has 32 heavy (non-hydrogen) atoms.